The number of carbonyl (C=O) groups is 2. The standard InChI is InChI=1S/C19H26N6O2/c1-6-11-25-15(21-22-23-25)12-24-16(26)19(5,20-17(24)27)14-9-7-13(8-10-14)18(2,3)4/h7-10H,6,11-12H2,1-5H3,(H,20,27)/t19-/m0/s1. The molecule has 3 rings (SSSR count). The van der Waals surface area contributed by atoms with E-state index in [1.54, 1.807) is 11.6 Å². The van der Waals surface area contributed by atoms with Crippen molar-refractivity contribution < 1.29 is 9.59 Å². The van der Waals surface area contributed by atoms with E-state index in [4.69, 9.17) is 0 Å². The summed E-state index contributed by atoms with van der Waals surface area (Å²) in [6.07, 6.45) is 0.857. The van der Waals surface area contributed by atoms with Crippen LogP contribution >= 0.6 is 0 Å². The van der Waals surface area contributed by atoms with Crippen LogP contribution in [0.15, 0.2) is 24.3 Å². The lowest BCUT2D eigenvalue weighted by Crippen LogP contribution is -2.41. The van der Waals surface area contributed by atoms with E-state index in [-0.39, 0.29) is 17.9 Å². The SMILES string of the molecule is CCCn1nnnc1CN1C(=O)N[C@@](C)(c2ccc(C(C)(C)C)cc2)C1=O. The smallest absolute Gasteiger partial charge is 0.319 e. The summed E-state index contributed by atoms with van der Waals surface area (Å²) in [6.45, 7) is 10.8. The van der Waals surface area contributed by atoms with Gasteiger partial charge < -0.3 is 5.32 Å². The van der Waals surface area contributed by atoms with Gasteiger partial charge in [0.05, 0.1) is 6.54 Å². The molecule has 8 nitrogen and oxygen atoms in total. The van der Waals surface area contributed by atoms with E-state index in [2.05, 4.69) is 41.6 Å². The van der Waals surface area contributed by atoms with Crippen LogP contribution in [0.4, 0.5) is 4.79 Å². The van der Waals surface area contributed by atoms with Gasteiger partial charge in [0.2, 0.25) is 0 Å². The maximum absolute atomic E-state index is 13.1. The quantitative estimate of drug-likeness (QED) is 0.816. The Hall–Kier alpha value is -2.77. The molecule has 2 heterocycles. The largest absolute Gasteiger partial charge is 0.325 e. The molecule has 8 heteroatoms. The van der Waals surface area contributed by atoms with Crippen molar-refractivity contribution in [1.82, 2.24) is 30.4 Å². The van der Waals surface area contributed by atoms with E-state index >= 15 is 0 Å². The number of imide groups is 1. The molecule has 0 bridgehead atoms. The highest BCUT2D eigenvalue weighted by atomic mass is 16.2. The third-order valence-corrected chi connectivity index (χ3v) is 4.94. The minimum absolute atomic E-state index is 0.0186. The van der Waals surface area contributed by atoms with Crippen LogP contribution in [0.25, 0.3) is 0 Å². The monoisotopic (exact) mass is 370 g/mol. The van der Waals surface area contributed by atoms with Crippen molar-refractivity contribution >= 4 is 11.9 Å². The Morgan fingerprint density at radius 1 is 1.15 bits per heavy atom. The number of benzene rings is 1. The van der Waals surface area contributed by atoms with Gasteiger partial charge in [-0.05, 0) is 40.3 Å². The Balaban J connectivity index is 1.85. The number of hydrogen-bond acceptors (Lipinski definition) is 5. The zero-order valence-electron chi connectivity index (χ0n) is 16.5. The normalized spacial score (nSPS) is 20.3. The summed E-state index contributed by atoms with van der Waals surface area (Å²) in [4.78, 5) is 26.8. The number of urea groups is 1. The number of nitrogens with zero attached hydrogens (tertiary/aromatic N) is 5. The van der Waals surface area contributed by atoms with E-state index < -0.39 is 11.6 Å². The lowest BCUT2D eigenvalue weighted by molar-refractivity contribution is -0.131. The molecule has 1 aliphatic heterocycles. The second kappa shape index (κ2) is 6.75. The maximum atomic E-state index is 13.1. The summed E-state index contributed by atoms with van der Waals surface area (Å²) < 4.78 is 1.62. The van der Waals surface area contributed by atoms with Gasteiger partial charge in [-0.2, -0.15) is 0 Å². The number of hydrogen-bond donors (Lipinski definition) is 1. The molecule has 1 N–H and O–H groups in total. The zero-order chi connectivity index (χ0) is 19.8. The summed E-state index contributed by atoms with van der Waals surface area (Å²) in [5, 5.41) is 14.3. The predicted octanol–water partition coefficient (Wildman–Crippen LogP) is 2.35. The van der Waals surface area contributed by atoms with Crippen molar-refractivity contribution in [2.24, 2.45) is 0 Å². The molecule has 1 saturated heterocycles. The van der Waals surface area contributed by atoms with E-state index in [1.165, 1.54) is 10.5 Å². The van der Waals surface area contributed by atoms with Crippen LogP contribution in [0.5, 0.6) is 0 Å². The second-order valence-corrected chi connectivity index (χ2v) is 8.09. The lowest BCUT2D eigenvalue weighted by atomic mass is 9.84. The second-order valence-electron chi connectivity index (χ2n) is 8.09. The highest BCUT2D eigenvalue weighted by molar-refractivity contribution is 6.07. The molecule has 144 valence electrons. The van der Waals surface area contributed by atoms with Gasteiger partial charge in [0.15, 0.2) is 5.82 Å². The molecular formula is C19H26N6O2. The number of rotatable bonds is 5. The van der Waals surface area contributed by atoms with E-state index in [0.717, 1.165) is 12.0 Å². The van der Waals surface area contributed by atoms with Gasteiger partial charge in [-0.3, -0.25) is 9.69 Å². The van der Waals surface area contributed by atoms with E-state index in [1.807, 2.05) is 31.2 Å². The van der Waals surface area contributed by atoms with Gasteiger partial charge in [0.25, 0.3) is 5.91 Å². The van der Waals surface area contributed by atoms with E-state index in [0.29, 0.717) is 12.4 Å². The summed E-state index contributed by atoms with van der Waals surface area (Å²) >= 11 is 0. The fourth-order valence-corrected chi connectivity index (χ4v) is 3.20. The van der Waals surface area contributed by atoms with Crippen molar-refractivity contribution in [3.63, 3.8) is 0 Å². The maximum Gasteiger partial charge on any atom is 0.325 e. The van der Waals surface area contributed by atoms with Crippen LogP contribution in [0, 0.1) is 0 Å². The molecule has 1 atom stereocenters. The molecule has 1 aromatic heterocycles. The first kappa shape index (κ1) is 19.0. The highest BCUT2D eigenvalue weighted by Crippen LogP contribution is 2.31. The van der Waals surface area contributed by atoms with Crippen molar-refractivity contribution in [2.45, 2.75) is 65.1 Å². The average molecular weight is 370 g/mol. The molecule has 2 aromatic rings. The number of aryl methyl sites for hydroxylation is 1. The number of amides is 3. The number of aromatic nitrogens is 4. The first-order valence-corrected chi connectivity index (χ1v) is 9.17. The van der Waals surface area contributed by atoms with Gasteiger partial charge in [-0.25, -0.2) is 9.48 Å². The molecule has 3 amide bonds. The molecule has 0 aliphatic carbocycles. The molecule has 1 fully saturated rings. The van der Waals surface area contributed by atoms with Crippen molar-refractivity contribution in [3.05, 3.63) is 41.2 Å². The summed E-state index contributed by atoms with van der Waals surface area (Å²) in [6, 6.07) is 7.38. The van der Waals surface area contributed by atoms with E-state index in [9.17, 15) is 9.59 Å². The van der Waals surface area contributed by atoms with Gasteiger partial charge in [0.1, 0.15) is 5.54 Å². The summed E-state index contributed by atoms with van der Waals surface area (Å²) in [5.74, 6) is 0.190. The summed E-state index contributed by atoms with van der Waals surface area (Å²) in [7, 11) is 0. The molecule has 0 unspecified atom stereocenters. The van der Waals surface area contributed by atoms with Crippen molar-refractivity contribution in [1.29, 1.82) is 0 Å². The molecule has 1 aromatic carbocycles. The average Bonchev–Trinajstić information content (AvgIpc) is 3.13. The number of carbonyl (C=O) groups excluding carboxylic acids is 2. The van der Waals surface area contributed by atoms with Crippen LogP contribution < -0.4 is 5.32 Å². The minimum atomic E-state index is -1.10. The molecule has 0 saturated carbocycles. The third-order valence-electron chi connectivity index (χ3n) is 4.94. The summed E-state index contributed by atoms with van der Waals surface area (Å²) in [5.41, 5.74) is 0.841. The number of nitrogens with one attached hydrogen (secondary N) is 1. The zero-order valence-corrected chi connectivity index (χ0v) is 16.5. The minimum Gasteiger partial charge on any atom is -0.319 e. The fraction of sp³-hybridized carbons (Fsp3) is 0.526. The van der Waals surface area contributed by atoms with Gasteiger partial charge >= 0.3 is 6.03 Å². The molecule has 0 radical (unpaired) electrons. The van der Waals surface area contributed by atoms with Crippen LogP contribution in [-0.2, 0) is 28.8 Å². The Labute approximate surface area is 158 Å². The van der Waals surface area contributed by atoms with Crippen molar-refractivity contribution in [3.8, 4) is 0 Å². The third kappa shape index (κ3) is 3.43. The molecule has 1 aliphatic rings. The predicted molar refractivity (Wildman–Crippen MR) is 99.7 cm³/mol. The fourth-order valence-electron chi connectivity index (χ4n) is 3.20. The van der Waals surface area contributed by atoms with Crippen molar-refractivity contribution in [2.75, 3.05) is 0 Å². The Morgan fingerprint density at radius 2 is 1.81 bits per heavy atom. The van der Waals surface area contributed by atoms with Crippen LogP contribution in [0.3, 0.4) is 0 Å². The lowest BCUT2D eigenvalue weighted by Gasteiger charge is -2.24. The van der Waals surface area contributed by atoms with Crippen LogP contribution in [0.2, 0.25) is 0 Å². The van der Waals surface area contributed by atoms with Gasteiger partial charge in [0, 0.05) is 6.54 Å². The molecule has 27 heavy (non-hydrogen) atoms. The molecular weight excluding hydrogens is 344 g/mol. The Morgan fingerprint density at radius 3 is 2.41 bits per heavy atom. The van der Waals surface area contributed by atoms with Gasteiger partial charge in [-0.15, -0.1) is 5.10 Å². The van der Waals surface area contributed by atoms with Gasteiger partial charge in [-0.1, -0.05) is 52.0 Å². The first-order chi connectivity index (χ1) is 12.7. The Kier molecular flexibility index (Phi) is 4.75. The van der Waals surface area contributed by atoms with Crippen LogP contribution in [-0.4, -0.2) is 37.0 Å². The topological polar surface area (TPSA) is 93.0 Å². The first-order valence-electron chi connectivity index (χ1n) is 9.17. The highest BCUT2D eigenvalue weighted by Gasteiger charge is 2.49. The van der Waals surface area contributed by atoms with Crippen LogP contribution in [0.1, 0.15) is 58.0 Å². The molecule has 0 spiro atoms. The number of tetrazole rings is 1. The Bertz CT molecular complexity index is 852.